The summed E-state index contributed by atoms with van der Waals surface area (Å²) < 4.78 is 5.09. The van der Waals surface area contributed by atoms with E-state index in [-0.39, 0.29) is 0 Å². The minimum Gasteiger partial charge on any atom is -0.311 e. The molecule has 2 heterocycles. The van der Waals surface area contributed by atoms with Crippen LogP contribution in [0.25, 0.3) is 103 Å². The van der Waals surface area contributed by atoms with Gasteiger partial charge in [0.25, 0.3) is 0 Å². The Kier molecular flexibility index (Phi) is 8.75. The summed E-state index contributed by atoms with van der Waals surface area (Å²) in [4.78, 5) is 2.38. The summed E-state index contributed by atoms with van der Waals surface area (Å²) in [5.41, 5.74) is 14.2. The first-order valence-corrected chi connectivity index (χ1v) is 23.1. The van der Waals surface area contributed by atoms with Crippen LogP contribution in [-0.2, 0) is 0 Å². The summed E-state index contributed by atoms with van der Waals surface area (Å²) in [5, 5.41) is 10.1. The van der Waals surface area contributed by atoms with Gasteiger partial charge in [-0.2, -0.15) is 0 Å². The van der Waals surface area contributed by atoms with Crippen LogP contribution in [0.1, 0.15) is 0 Å². The molecule has 0 radical (unpaired) electrons. The van der Waals surface area contributed by atoms with Crippen molar-refractivity contribution < 1.29 is 0 Å². The molecule has 2 aromatic heterocycles. The Hall–Kier alpha value is -8.24. The number of aromatic nitrogens is 1. The zero-order valence-corrected chi connectivity index (χ0v) is 36.2. The van der Waals surface area contributed by atoms with E-state index < -0.39 is 0 Å². The highest BCUT2D eigenvalue weighted by atomic mass is 32.1. The fraction of sp³-hybridized carbons (Fsp3) is 0. The average molecular weight is 845 g/mol. The van der Waals surface area contributed by atoms with Crippen LogP contribution >= 0.6 is 11.3 Å². The molecule has 304 valence electrons. The summed E-state index contributed by atoms with van der Waals surface area (Å²) in [7, 11) is 0. The second-order valence-corrected chi connectivity index (χ2v) is 17.9. The summed E-state index contributed by atoms with van der Waals surface area (Å²) in [5.74, 6) is 0. The van der Waals surface area contributed by atoms with Crippen LogP contribution in [0.4, 0.5) is 17.1 Å². The molecule has 0 saturated heterocycles. The van der Waals surface area contributed by atoms with Crippen molar-refractivity contribution in [2.24, 2.45) is 0 Å². The highest BCUT2D eigenvalue weighted by Crippen LogP contribution is 2.43. The molecule has 0 aliphatic rings. The number of fused-ring (bicyclic) bond motifs is 9. The Morgan fingerprint density at radius 3 is 1.58 bits per heavy atom. The van der Waals surface area contributed by atoms with Gasteiger partial charge in [-0.05, 0) is 110 Å². The Labute approximate surface area is 381 Å². The molecule has 0 fully saturated rings. The lowest BCUT2D eigenvalue weighted by atomic mass is 9.98. The highest BCUT2D eigenvalue weighted by molar-refractivity contribution is 7.26. The average Bonchev–Trinajstić information content (AvgIpc) is 3.93. The molecule has 0 spiro atoms. The van der Waals surface area contributed by atoms with E-state index in [1.54, 1.807) is 0 Å². The van der Waals surface area contributed by atoms with E-state index in [0.29, 0.717) is 0 Å². The zero-order valence-electron chi connectivity index (χ0n) is 35.4. The number of nitrogens with zero attached hydrogens (tertiary/aromatic N) is 2. The Bertz CT molecular complexity index is 3910. The zero-order chi connectivity index (χ0) is 42.8. The van der Waals surface area contributed by atoms with E-state index >= 15 is 0 Å². The number of hydrogen-bond donors (Lipinski definition) is 0. The topological polar surface area (TPSA) is 8.17 Å². The van der Waals surface area contributed by atoms with Gasteiger partial charge in [0.15, 0.2) is 0 Å². The van der Waals surface area contributed by atoms with E-state index in [9.17, 15) is 0 Å². The third kappa shape index (κ3) is 6.24. The standard InChI is InChI=1S/C62H40N2S/c1-2-15-47(16-3-1)64-59-40-46(31-38-55(59)57-39-30-43-13-5-7-18-53(43)61(57)64)41-24-32-48(33-25-41)63(49-34-26-44(27-35-49)52-20-10-14-42-12-4-6-17-51(42)52)50-36-28-45(29-37-50)54-21-11-22-58-56-19-8-9-23-60(56)65-62(54)58/h1-40H. The maximum absolute atomic E-state index is 2.44. The largest absolute Gasteiger partial charge is 0.311 e. The van der Waals surface area contributed by atoms with Gasteiger partial charge in [-0.15, -0.1) is 11.3 Å². The molecular formula is C62H40N2S. The van der Waals surface area contributed by atoms with Gasteiger partial charge in [-0.3, -0.25) is 0 Å². The van der Waals surface area contributed by atoms with Crippen molar-refractivity contribution >= 4 is 91.9 Å². The van der Waals surface area contributed by atoms with E-state index in [1.807, 2.05) is 11.3 Å². The minimum absolute atomic E-state index is 1.09. The van der Waals surface area contributed by atoms with Crippen molar-refractivity contribution in [1.29, 1.82) is 0 Å². The van der Waals surface area contributed by atoms with Gasteiger partial charge in [0.1, 0.15) is 0 Å². The van der Waals surface area contributed by atoms with Crippen molar-refractivity contribution in [3.05, 3.63) is 243 Å². The van der Waals surface area contributed by atoms with Crippen LogP contribution in [0.3, 0.4) is 0 Å². The van der Waals surface area contributed by atoms with Gasteiger partial charge in [0.2, 0.25) is 0 Å². The molecule has 0 N–H and O–H groups in total. The lowest BCUT2D eigenvalue weighted by molar-refractivity contribution is 1.19. The number of hydrogen-bond acceptors (Lipinski definition) is 2. The first-order chi connectivity index (χ1) is 32.2. The smallest absolute Gasteiger partial charge is 0.0619 e. The summed E-state index contributed by atoms with van der Waals surface area (Å²) in [6.07, 6.45) is 0. The molecule has 11 aromatic carbocycles. The fourth-order valence-electron chi connectivity index (χ4n) is 10.1. The van der Waals surface area contributed by atoms with Gasteiger partial charge in [-0.1, -0.05) is 182 Å². The van der Waals surface area contributed by atoms with Crippen LogP contribution in [0, 0.1) is 0 Å². The summed E-state index contributed by atoms with van der Waals surface area (Å²) in [6, 6.07) is 88.9. The third-order valence-electron chi connectivity index (χ3n) is 13.2. The Morgan fingerprint density at radius 2 is 0.846 bits per heavy atom. The van der Waals surface area contributed by atoms with Crippen LogP contribution in [-0.4, -0.2) is 4.57 Å². The molecular weight excluding hydrogens is 805 g/mol. The van der Waals surface area contributed by atoms with E-state index in [4.69, 9.17) is 0 Å². The van der Waals surface area contributed by atoms with Crippen LogP contribution in [0.5, 0.6) is 0 Å². The van der Waals surface area contributed by atoms with Gasteiger partial charge in [0.05, 0.1) is 11.0 Å². The number of benzene rings is 11. The lowest BCUT2D eigenvalue weighted by Gasteiger charge is -2.26. The molecule has 13 rings (SSSR count). The van der Waals surface area contributed by atoms with Gasteiger partial charge < -0.3 is 9.47 Å². The fourth-order valence-corrected chi connectivity index (χ4v) is 11.3. The predicted octanol–water partition coefficient (Wildman–Crippen LogP) is 17.9. The quantitative estimate of drug-likeness (QED) is 0.155. The highest BCUT2D eigenvalue weighted by Gasteiger charge is 2.18. The maximum Gasteiger partial charge on any atom is 0.0619 e. The second kappa shape index (κ2) is 15.2. The molecule has 2 nitrogen and oxygen atoms in total. The van der Waals surface area contributed by atoms with E-state index in [2.05, 4.69) is 252 Å². The second-order valence-electron chi connectivity index (χ2n) is 16.9. The van der Waals surface area contributed by atoms with Crippen LogP contribution < -0.4 is 4.90 Å². The van der Waals surface area contributed by atoms with Crippen molar-refractivity contribution in [1.82, 2.24) is 4.57 Å². The molecule has 13 aromatic rings. The predicted molar refractivity (Wildman–Crippen MR) is 280 cm³/mol. The van der Waals surface area contributed by atoms with E-state index in [1.165, 1.54) is 96.9 Å². The number of anilines is 3. The van der Waals surface area contributed by atoms with Crippen molar-refractivity contribution in [2.45, 2.75) is 0 Å². The van der Waals surface area contributed by atoms with Crippen LogP contribution in [0.2, 0.25) is 0 Å². The molecule has 0 amide bonds. The molecule has 3 heteroatoms. The SMILES string of the molecule is c1ccc(-n2c3cc(-c4ccc(N(c5ccc(-c6cccc7ccccc67)cc5)c5ccc(-c6cccc7c6sc6ccccc67)cc5)cc4)ccc3c3ccc4ccccc4c32)cc1. The summed E-state index contributed by atoms with van der Waals surface area (Å²) in [6.45, 7) is 0. The molecule has 0 aliphatic heterocycles. The molecule has 0 bridgehead atoms. The van der Waals surface area contributed by atoms with Crippen molar-refractivity contribution in [2.75, 3.05) is 4.90 Å². The van der Waals surface area contributed by atoms with Crippen molar-refractivity contribution in [3.8, 4) is 39.1 Å². The van der Waals surface area contributed by atoms with Gasteiger partial charge in [0, 0.05) is 59.1 Å². The third-order valence-corrected chi connectivity index (χ3v) is 14.4. The molecule has 65 heavy (non-hydrogen) atoms. The molecule has 0 saturated carbocycles. The summed E-state index contributed by atoms with van der Waals surface area (Å²) >= 11 is 1.88. The number of rotatable bonds is 7. The van der Waals surface area contributed by atoms with Gasteiger partial charge >= 0.3 is 0 Å². The van der Waals surface area contributed by atoms with Gasteiger partial charge in [-0.25, -0.2) is 0 Å². The first kappa shape index (κ1) is 37.3. The normalized spacial score (nSPS) is 11.7. The Morgan fingerprint density at radius 1 is 0.323 bits per heavy atom. The maximum atomic E-state index is 2.44. The Balaban J connectivity index is 0.916. The lowest BCUT2D eigenvalue weighted by Crippen LogP contribution is -2.09. The number of para-hydroxylation sites is 1. The molecule has 0 aliphatic carbocycles. The monoisotopic (exact) mass is 844 g/mol. The molecule has 0 atom stereocenters. The number of thiophene rings is 1. The van der Waals surface area contributed by atoms with E-state index in [0.717, 1.165) is 22.7 Å². The van der Waals surface area contributed by atoms with Crippen LogP contribution in [0.15, 0.2) is 243 Å². The minimum atomic E-state index is 1.09. The first-order valence-electron chi connectivity index (χ1n) is 22.2. The van der Waals surface area contributed by atoms with Crippen molar-refractivity contribution in [3.63, 3.8) is 0 Å². The molecule has 0 unspecified atom stereocenters.